The first-order valence-electron chi connectivity index (χ1n) is 7.70. The third-order valence-electron chi connectivity index (χ3n) is 4.77. The summed E-state index contributed by atoms with van der Waals surface area (Å²) < 4.78 is 0. The Kier molecular flexibility index (Phi) is 5.09. The summed E-state index contributed by atoms with van der Waals surface area (Å²) in [6.07, 6.45) is 15.2. The first-order chi connectivity index (χ1) is 8.33. The number of unbranched alkanes of at least 4 members (excludes halogenated alkanes) is 3. The van der Waals surface area contributed by atoms with Crippen LogP contribution in [0.2, 0.25) is 0 Å². The van der Waals surface area contributed by atoms with Gasteiger partial charge in [-0.1, -0.05) is 51.5 Å². The molecule has 17 heavy (non-hydrogen) atoms. The standard InChI is InChI=1S/C16H28O/c1-2-3-4-5-10-14-11-12-15(16(14)17)13-8-6-7-9-13/h10,13,15-17H,2-9,11-12H2,1H3. The lowest BCUT2D eigenvalue weighted by molar-refractivity contribution is 0.123. The zero-order valence-corrected chi connectivity index (χ0v) is 11.3. The van der Waals surface area contributed by atoms with Crippen LogP contribution in [0, 0.1) is 11.8 Å². The van der Waals surface area contributed by atoms with E-state index in [0.717, 1.165) is 12.3 Å². The van der Waals surface area contributed by atoms with E-state index in [1.165, 1.54) is 63.4 Å². The fourth-order valence-corrected chi connectivity index (χ4v) is 3.70. The van der Waals surface area contributed by atoms with Crippen LogP contribution in [0.15, 0.2) is 11.6 Å². The molecule has 0 saturated heterocycles. The van der Waals surface area contributed by atoms with E-state index in [9.17, 15) is 5.11 Å². The van der Waals surface area contributed by atoms with Crippen LogP contribution in [-0.2, 0) is 0 Å². The molecular formula is C16H28O. The van der Waals surface area contributed by atoms with Gasteiger partial charge in [-0.05, 0) is 43.1 Å². The van der Waals surface area contributed by atoms with E-state index in [1.54, 1.807) is 0 Å². The maximum atomic E-state index is 10.4. The quantitative estimate of drug-likeness (QED) is 0.552. The second kappa shape index (κ2) is 6.58. The highest BCUT2D eigenvalue weighted by Gasteiger charge is 2.36. The molecule has 1 N–H and O–H groups in total. The van der Waals surface area contributed by atoms with E-state index in [0.29, 0.717) is 5.92 Å². The van der Waals surface area contributed by atoms with E-state index in [-0.39, 0.29) is 6.10 Å². The number of hydrogen-bond donors (Lipinski definition) is 1. The molecule has 0 aliphatic heterocycles. The molecule has 2 aliphatic rings. The fourth-order valence-electron chi connectivity index (χ4n) is 3.70. The lowest BCUT2D eigenvalue weighted by atomic mass is 9.87. The van der Waals surface area contributed by atoms with Crippen molar-refractivity contribution in [2.24, 2.45) is 11.8 Å². The molecular weight excluding hydrogens is 208 g/mol. The summed E-state index contributed by atoms with van der Waals surface area (Å²) in [6, 6.07) is 0. The molecule has 2 unspecified atom stereocenters. The number of rotatable bonds is 5. The van der Waals surface area contributed by atoms with Crippen molar-refractivity contribution in [3.05, 3.63) is 11.6 Å². The van der Waals surface area contributed by atoms with Crippen LogP contribution in [0.25, 0.3) is 0 Å². The maximum absolute atomic E-state index is 10.4. The van der Waals surface area contributed by atoms with Crippen LogP contribution in [0.1, 0.15) is 71.1 Å². The first-order valence-corrected chi connectivity index (χ1v) is 7.70. The van der Waals surface area contributed by atoms with Gasteiger partial charge in [0.15, 0.2) is 0 Å². The van der Waals surface area contributed by atoms with Crippen LogP contribution >= 0.6 is 0 Å². The monoisotopic (exact) mass is 236 g/mol. The summed E-state index contributed by atoms with van der Waals surface area (Å²) >= 11 is 0. The third-order valence-corrected chi connectivity index (χ3v) is 4.77. The molecule has 0 aromatic rings. The fraction of sp³-hybridized carbons (Fsp3) is 0.875. The molecule has 0 aromatic carbocycles. The highest BCUT2D eigenvalue weighted by molar-refractivity contribution is 5.16. The van der Waals surface area contributed by atoms with Crippen molar-refractivity contribution in [1.82, 2.24) is 0 Å². The molecule has 0 aromatic heterocycles. The average molecular weight is 236 g/mol. The van der Waals surface area contributed by atoms with Gasteiger partial charge < -0.3 is 5.11 Å². The van der Waals surface area contributed by atoms with Gasteiger partial charge in [-0.25, -0.2) is 0 Å². The van der Waals surface area contributed by atoms with Gasteiger partial charge in [0.1, 0.15) is 0 Å². The smallest absolute Gasteiger partial charge is 0.0781 e. The Morgan fingerprint density at radius 3 is 2.65 bits per heavy atom. The molecule has 1 nitrogen and oxygen atoms in total. The molecule has 2 aliphatic carbocycles. The predicted octanol–water partition coefficient (Wildman–Crippen LogP) is 4.45. The zero-order valence-electron chi connectivity index (χ0n) is 11.3. The van der Waals surface area contributed by atoms with Crippen molar-refractivity contribution < 1.29 is 5.11 Å². The molecule has 2 fully saturated rings. The van der Waals surface area contributed by atoms with Crippen molar-refractivity contribution in [3.8, 4) is 0 Å². The number of aliphatic hydroxyl groups excluding tert-OH is 1. The molecule has 2 atom stereocenters. The molecule has 1 heteroatoms. The second-order valence-electron chi connectivity index (χ2n) is 5.97. The minimum Gasteiger partial charge on any atom is -0.388 e. The minimum atomic E-state index is -0.0975. The molecule has 0 spiro atoms. The second-order valence-corrected chi connectivity index (χ2v) is 5.97. The molecule has 98 valence electrons. The average Bonchev–Trinajstić information content (AvgIpc) is 2.95. The van der Waals surface area contributed by atoms with Crippen molar-refractivity contribution >= 4 is 0 Å². The van der Waals surface area contributed by atoms with E-state index in [2.05, 4.69) is 13.0 Å². The summed E-state index contributed by atoms with van der Waals surface area (Å²) in [5.74, 6) is 1.42. The third kappa shape index (κ3) is 3.34. The first kappa shape index (κ1) is 13.1. The van der Waals surface area contributed by atoms with Gasteiger partial charge >= 0.3 is 0 Å². The van der Waals surface area contributed by atoms with E-state index in [4.69, 9.17) is 0 Å². The van der Waals surface area contributed by atoms with Gasteiger partial charge in [0, 0.05) is 0 Å². The predicted molar refractivity (Wildman–Crippen MR) is 72.9 cm³/mol. The van der Waals surface area contributed by atoms with Crippen LogP contribution in [0.5, 0.6) is 0 Å². The molecule has 0 heterocycles. The maximum Gasteiger partial charge on any atom is 0.0781 e. The highest BCUT2D eigenvalue weighted by Crippen LogP contribution is 2.42. The Balaban J connectivity index is 1.81. The van der Waals surface area contributed by atoms with Gasteiger partial charge in [-0.3, -0.25) is 0 Å². The van der Waals surface area contributed by atoms with Gasteiger partial charge in [0.2, 0.25) is 0 Å². The summed E-state index contributed by atoms with van der Waals surface area (Å²) in [6.45, 7) is 2.24. The van der Waals surface area contributed by atoms with Gasteiger partial charge in [-0.15, -0.1) is 0 Å². The number of aliphatic hydroxyl groups is 1. The Morgan fingerprint density at radius 2 is 1.94 bits per heavy atom. The largest absolute Gasteiger partial charge is 0.388 e. The van der Waals surface area contributed by atoms with Gasteiger partial charge in [-0.2, -0.15) is 0 Å². The Bertz CT molecular complexity index is 250. The lowest BCUT2D eigenvalue weighted by Gasteiger charge is -2.21. The lowest BCUT2D eigenvalue weighted by Crippen LogP contribution is -2.21. The van der Waals surface area contributed by atoms with Crippen molar-refractivity contribution in [3.63, 3.8) is 0 Å². The number of allylic oxidation sites excluding steroid dienone is 1. The van der Waals surface area contributed by atoms with E-state index in [1.807, 2.05) is 0 Å². The SMILES string of the molecule is CCCCCC=C1CCC(C2CCCC2)C1O. The summed E-state index contributed by atoms with van der Waals surface area (Å²) in [7, 11) is 0. The van der Waals surface area contributed by atoms with Crippen molar-refractivity contribution in [2.75, 3.05) is 0 Å². The summed E-state index contributed by atoms with van der Waals surface area (Å²) in [5.41, 5.74) is 1.36. The molecule has 2 saturated carbocycles. The molecule has 0 amide bonds. The summed E-state index contributed by atoms with van der Waals surface area (Å²) in [5, 5.41) is 10.4. The van der Waals surface area contributed by atoms with E-state index >= 15 is 0 Å². The highest BCUT2D eigenvalue weighted by atomic mass is 16.3. The van der Waals surface area contributed by atoms with Crippen molar-refractivity contribution in [1.29, 1.82) is 0 Å². The van der Waals surface area contributed by atoms with Crippen LogP contribution in [-0.4, -0.2) is 11.2 Å². The Hall–Kier alpha value is -0.300. The molecule has 0 radical (unpaired) electrons. The normalized spacial score (nSPS) is 32.7. The summed E-state index contributed by atoms with van der Waals surface area (Å²) in [4.78, 5) is 0. The van der Waals surface area contributed by atoms with Gasteiger partial charge in [0.05, 0.1) is 6.10 Å². The van der Waals surface area contributed by atoms with Crippen LogP contribution < -0.4 is 0 Å². The van der Waals surface area contributed by atoms with Crippen LogP contribution in [0.4, 0.5) is 0 Å². The Morgan fingerprint density at radius 1 is 1.18 bits per heavy atom. The Labute approximate surface area is 106 Å². The van der Waals surface area contributed by atoms with Crippen molar-refractivity contribution in [2.45, 2.75) is 77.2 Å². The molecule has 0 bridgehead atoms. The van der Waals surface area contributed by atoms with Crippen LogP contribution in [0.3, 0.4) is 0 Å². The minimum absolute atomic E-state index is 0.0975. The molecule has 2 rings (SSSR count). The number of hydrogen-bond acceptors (Lipinski definition) is 1. The topological polar surface area (TPSA) is 20.2 Å². The zero-order chi connectivity index (χ0) is 12.1. The van der Waals surface area contributed by atoms with E-state index < -0.39 is 0 Å². The van der Waals surface area contributed by atoms with Gasteiger partial charge in [0.25, 0.3) is 0 Å².